The second-order valence-electron chi connectivity index (χ2n) is 3.97. The van der Waals surface area contributed by atoms with Crippen LogP contribution in [0.1, 0.15) is 15.9 Å². The van der Waals surface area contributed by atoms with Crippen LogP contribution in [0.25, 0.3) is 0 Å². The number of nitrogens with zero attached hydrogens (tertiary/aromatic N) is 2. The molecule has 0 atom stereocenters. The average Bonchev–Trinajstić information content (AvgIpc) is 2.74. The van der Waals surface area contributed by atoms with Crippen molar-refractivity contribution in [3.8, 4) is 5.75 Å². The predicted octanol–water partition coefficient (Wildman–Crippen LogP) is 1.99. The van der Waals surface area contributed by atoms with Gasteiger partial charge in [-0.15, -0.1) is 0 Å². The van der Waals surface area contributed by atoms with Crippen molar-refractivity contribution in [3.63, 3.8) is 0 Å². The molecule has 0 fully saturated rings. The summed E-state index contributed by atoms with van der Waals surface area (Å²) < 4.78 is 20.2. The quantitative estimate of drug-likeness (QED) is 0.777. The minimum atomic E-state index is -0.566. The van der Waals surface area contributed by atoms with Crippen molar-refractivity contribution in [2.24, 2.45) is 7.05 Å². The Morgan fingerprint density at radius 1 is 1.50 bits per heavy atom. The van der Waals surface area contributed by atoms with Gasteiger partial charge in [0.05, 0.1) is 18.9 Å². The molecular formula is C13H13FN2O2. The van der Waals surface area contributed by atoms with Gasteiger partial charge in [0, 0.05) is 25.7 Å². The summed E-state index contributed by atoms with van der Waals surface area (Å²) in [6.45, 7) is 0. The third kappa shape index (κ3) is 2.56. The van der Waals surface area contributed by atoms with Crippen molar-refractivity contribution in [3.05, 3.63) is 47.5 Å². The minimum Gasteiger partial charge on any atom is -0.497 e. The van der Waals surface area contributed by atoms with Crippen LogP contribution in [0.4, 0.5) is 4.39 Å². The van der Waals surface area contributed by atoms with Gasteiger partial charge in [-0.25, -0.2) is 4.39 Å². The zero-order chi connectivity index (χ0) is 13.1. The molecule has 0 spiro atoms. The van der Waals surface area contributed by atoms with Crippen LogP contribution in [0.2, 0.25) is 0 Å². The number of Topliss-reactive ketones (excluding diaryl/α,β-unsaturated/α-hetero) is 1. The number of aryl methyl sites for hydroxylation is 1. The van der Waals surface area contributed by atoms with Gasteiger partial charge in [-0.05, 0) is 17.7 Å². The average molecular weight is 248 g/mol. The third-order valence-electron chi connectivity index (χ3n) is 2.60. The summed E-state index contributed by atoms with van der Waals surface area (Å²) >= 11 is 0. The number of rotatable bonds is 4. The Bertz CT molecular complexity index is 578. The molecule has 0 saturated carbocycles. The third-order valence-corrected chi connectivity index (χ3v) is 2.60. The Hall–Kier alpha value is -2.17. The number of ether oxygens (including phenoxy) is 1. The number of halogens is 1. The molecule has 1 heterocycles. The topological polar surface area (TPSA) is 44.1 Å². The van der Waals surface area contributed by atoms with Crippen LogP contribution in [0.3, 0.4) is 0 Å². The number of hydrogen-bond donors (Lipinski definition) is 0. The van der Waals surface area contributed by atoms with Crippen molar-refractivity contribution in [1.82, 2.24) is 9.78 Å². The van der Waals surface area contributed by atoms with Gasteiger partial charge >= 0.3 is 0 Å². The molecule has 2 rings (SSSR count). The summed E-state index contributed by atoms with van der Waals surface area (Å²) in [4.78, 5) is 11.9. The molecule has 0 bridgehead atoms. The molecule has 1 aromatic heterocycles. The number of ketones is 1. The van der Waals surface area contributed by atoms with Crippen molar-refractivity contribution < 1.29 is 13.9 Å². The first-order chi connectivity index (χ1) is 8.60. The van der Waals surface area contributed by atoms with Gasteiger partial charge in [-0.1, -0.05) is 0 Å². The lowest BCUT2D eigenvalue weighted by atomic mass is 10.0. The second kappa shape index (κ2) is 5.00. The molecule has 2 aromatic rings. The highest BCUT2D eigenvalue weighted by Gasteiger charge is 2.13. The van der Waals surface area contributed by atoms with E-state index in [0.717, 1.165) is 5.56 Å². The fourth-order valence-corrected chi connectivity index (χ4v) is 1.69. The van der Waals surface area contributed by atoms with E-state index in [1.807, 2.05) is 0 Å². The van der Waals surface area contributed by atoms with E-state index in [-0.39, 0.29) is 17.8 Å². The highest BCUT2D eigenvalue weighted by Crippen LogP contribution is 2.17. The van der Waals surface area contributed by atoms with Gasteiger partial charge in [-0.2, -0.15) is 5.10 Å². The van der Waals surface area contributed by atoms with Crippen LogP contribution >= 0.6 is 0 Å². The number of hydrogen-bond acceptors (Lipinski definition) is 3. The number of aromatic nitrogens is 2. The molecule has 0 N–H and O–H groups in total. The molecule has 5 heteroatoms. The fraction of sp³-hybridized carbons (Fsp3) is 0.231. The van der Waals surface area contributed by atoms with Crippen molar-refractivity contribution >= 4 is 5.78 Å². The van der Waals surface area contributed by atoms with Gasteiger partial charge in [0.15, 0.2) is 5.78 Å². The van der Waals surface area contributed by atoms with Crippen LogP contribution < -0.4 is 4.74 Å². The van der Waals surface area contributed by atoms with Gasteiger partial charge in [-0.3, -0.25) is 9.48 Å². The number of benzene rings is 1. The van der Waals surface area contributed by atoms with Crippen LogP contribution in [0.5, 0.6) is 5.75 Å². The van der Waals surface area contributed by atoms with E-state index in [1.165, 1.54) is 19.2 Å². The Labute approximate surface area is 104 Å². The molecule has 94 valence electrons. The Morgan fingerprint density at radius 3 is 2.83 bits per heavy atom. The van der Waals surface area contributed by atoms with Crippen molar-refractivity contribution in [2.75, 3.05) is 7.11 Å². The molecule has 0 aliphatic rings. The SMILES string of the molecule is COc1ccc(C(=O)Cc2cnn(C)c2)c(F)c1. The number of methoxy groups -OCH3 is 1. The Balaban J connectivity index is 2.18. The zero-order valence-corrected chi connectivity index (χ0v) is 10.2. The zero-order valence-electron chi connectivity index (χ0n) is 10.2. The first-order valence-corrected chi connectivity index (χ1v) is 5.44. The summed E-state index contributed by atoms with van der Waals surface area (Å²) in [6.07, 6.45) is 3.47. The molecule has 0 unspecified atom stereocenters. The highest BCUT2D eigenvalue weighted by atomic mass is 19.1. The Kier molecular flexibility index (Phi) is 3.41. The minimum absolute atomic E-state index is 0.0691. The smallest absolute Gasteiger partial charge is 0.170 e. The van der Waals surface area contributed by atoms with E-state index in [2.05, 4.69) is 5.10 Å². The predicted molar refractivity (Wildman–Crippen MR) is 64.2 cm³/mol. The molecule has 0 saturated heterocycles. The van der Waals surface area contributed by atoms with Gasteiger partial charge in [0.2, 0.25) is 0 Å². The van der Waals surface area contributed by atoms with E-state index in [4.69, 9.17) is 4.74 Å². The Morgan fingerprint density at radius 2 is 2.28 bits per heavy atom. The largest absolute Gasteiger partial charge is 0.497 e. The van der Waals surface area contributed by atoms with Crippen LogP contribution in [-0.2, 0) is 13.5 Å². The lowest BCUT2D eigenvalue weighted by Gasteiger charge is -2.04. The maximum atomic E-state index is 13.7. The normalized spacial score (nSPS) is 10.4. The van der Waals surface area contributed by atoms with Gasteiger partial charge in [0.25, 0.3) is 0 Å². The lowest BCUT2D eigenvalue weighted by Crippen LogP contribution is -2.06. The maximum absolute atomic E-state index is 13.7. The van der Waals surface area contributed by atoms with E-state index in [9.17, 15) is 9.18 Å². The van der Waals surface area contributed by atoms with Crippen molar-refractivity contribution in [1.29, 1.82) is 0 Å². The monoisotopic (exact) mass is 248 g/mol. The van der Waals surface area contributed by atoms with E-state index in [0.29, 0.717) is 5.75 Å². The molecule has 0 aliphatic carbocycles. The number of carbonyl (C=O) groups is 1. The number of carbonyl (C=O) groups excluding carboxylic acids is 1. The summed E-state index contributed by atoms with van der Waals surface area (Å²) in [5.74, 6) is -0.447. The summed E-state index contributed by atoms with van der Waals surface area (Å²) in [5, 5.41) is 3.96. The molecule has 18 heavy (non-hydrogen) atoms. The molecule has 0 radical (unpaired) electrons. The maximum Gasteiger partial charge on any atom is 0.170 e. The van der Waals surface area contributed by atoms with Crippen LogP contribution in [0, 0.1) is 5.82 Å². The van der Waals surface area contributed by atoms with Gasteiger partial charge in [0.1, 0.15) is 11.6 Å². The standard InChI is InChI=1S/C13H13FN2O2/c1-16-8-9(7-15-16)5-13(17)11-4-3-10(18-2)6-12(11)14/h3-4,6-8H,5H2,1-2H3. The first kappa shape index (κ1) is 12.3. The van der Waals surface area contributed by atoms with E-state index < -0.39 is 5.82 Å². The molecule has 0 aliphatic heterocycles. The fourth-order valence-electron chi connectivity index (χ4n) is 1.69. The molecule has 1 aromatic carbocycles. The highest BCUT2D eigenvalue weighted by molar-refractivity contribution is 5.97. The first-order valence-electron chi connectivity index (χ1n) is 5.44. The molecule has 0 amide bonds. The summed E-state index contributed by atoms with van der Waals surface area (Å²) in [6, 6.07) is 4.21. The second-order valence-corrected chi connectivity index (χ2v) is 3.97. The van der Waals surface area contributed by atoms with E-state index in [1.54, 1.807) is 30.2 Å². The van der Waals surface area contributed by atoms with Crippen molar-refractivity contribution in [2.45, 2.75) is 6.42 Å². The molecule has 4 nitrogen and oxygen atoms in total. The molecular weight excluding hydrogens is 235 g/mol. The summed E-state index contributed by atoms with van der Waals surface area (Å²) in [5.41, 5.74) is 0.831. The lowest BCUT2D eigenvalue weighted by molar-refractivity contribution is 0.0989. The van der Waals surface area contributed by atoms with Crippen LogP contribution in [-0.4, -0.2) is 22.7 Å². The van der Waals surface area contributed by atoms with Crippen LogP contribution in [0.15, 0.2) is 30.6 Å². The van der Waals surface area contributed by atoms with Gasteiger partial charge < -0.3 is 4.74 Å². The summed E-state index contributed by atoms with van der Waals surface area (Å²) in [7, 11) is 3.22. The van der Waals surface area contributed by atoms with E-state index >= 15 is 0 Å².